The molecule has 0 aliphatic rings. The third-order valence-corrected chi connectivity index (χ3v) is 4.11. The fourth-order valence-electron chi connectivity index (χ4n) is 1.47. The molecule has 1 aromatic carbocycles. The van der Waals surface area contributed by atoms with Crippen LogP contribution < -0.4 is 5.32 Å². The topological polar surface area (TPSA) is 29.1 Å². The van der Waals surface area contributed by atoms with E-state index in [2.05, 4.69) is 45.1 Å². The van der Waals surface area contributed by atoms with Crippen LogP contribution in [0.4, 0.5) is 0 Å². The first-order valence-corrected chi connectivity index (χ1v) is 7.27. The van der Waals surface area contributed by atoms with Crippen molar-refractivity contribution in [2.75, 3.05) is 0 Å². The SMILES string of the molecule is CCC(C)(C)NC(=O)C(C)Sc1cccc(C)c1. The maximum absolute atomic E-state index is 12.1. The van der Waals surface area contributed by atoms with Crippen LogP contribution >= 0.6 is 11.8 Å². The quantitative estimate of drug-likeness (QED) is 0.821. The van der Waals surface area contributed by atoms with Crippen LogP contribution in [-0.2, 0) is 4.79 Å². The molecule has 0 saturated heterocycles. The molecule has 0 aromatic heterocycles. The molecule has 0 heterocycles. The molecule has 0 spiro atoms. The third kappa shape index (κ3) is 4.73. The van der Waals surface area contributed by atoms with Crippen LogP contribution in [-0.4, -0.2) is 16.7 Å². The zero-order valence-corrected chi connectivity index (χ0v) is 12.7. The Labute approximate surface area is 115 Å². The number of aryl methyl sites for hydroxylation is 1. The minimum Gasteiger partial charge on any atom is -0.350 e. The normalized spacial score (nSPS) is 13.2. The van der Waals surface area contributed by atoms with Gasteiger partial charge in [-0.15, -0.1) is 11.8 Å². The molecule has 1 rings (SSSR count). The Morgan fingerprint density at radius 3 is 2.67 bits per heavy atom. The van der Waals surface area contributed by atoms with Crippen LogP contribution in [0.25, 0.3) is 0 Å². The lowest BCUT2D eigenvalue weighted by molar-refractivity contribution is -0.121. The summed E-state index contributed by atoms with van der Waals surface area (Å²) >= 11 is 1.60. The molecule has 1 atom stereocenters. The number of thioether (sulfide) groups is 1. The molecule has 0 aliphatic heterocycles. The fraction of sp³-hybridized carbons (Fsp3) is 0.533. The van der Waals surface area contributed by atoms with Crippen LogP contribution in [0, 0.1) is 6.92 Å². The first kappa shape index (κ1) is 15.1. The summed E-state index contributed by atoms with van der Waals surface area (Å²) in [5.74, 6) is 0.105. The average molecular weight is 265 g/mol. The first-order chi connectivity index (χ1) is 8.34. The Morgan fingerprint density at radius 2 is 2.11 bits per heavy atom. The number of nitrogens with one attached hydrogen (secondary N) is 1. The number of rotatable bonds is 5. The predicted molar refractivity (Wildman–Crippen MR) is 79.0 cm³/mol. The van der Waals surface area contributed by atoms with Crippen molar-refractivity contribution >= 4 is 17.7 Å². The van der Waals surface area contributed by atoms with E-state index in [1.807, 2.05) is 19.1 Å². The summed E-state index contributed by atoms with van der Waals surface area (Å²) < 4.78 is 0. The molecular weight excluding hydrogens is 242 g/mol. The lowest BCUT2D eigenvalue weighted by Crippen LogP contribution is -2.46. The van der Waals surface area contributed by atoms with Gasteiger partial charge in [-0.2, -0.15) is 0 Å². The highest BCUT2D eigenvalue weighted by Crippen LogP contribution is 2.24. The molecular formula is C15H23NOS. The monoisotopic (exact) mass is 265 g/mol. The van der Waals surface area contributed by atoms with Gasteiger partial charge in [-0.1, -0.05) is 24.6 Å². The van der Waals surface area contributed by atoms with Gasteiger partial charge < -0.3 is 5.32 Å². The van der Waals surface area contributed by atoms with Gasteiger partial charge >= 0.3 is 0 Å². The lowest BCUT2D eigenvalue weighted by Gasteiger charge is -2.26. The van der Waals surface area contributed by atoms with Gasteiger partial charge in [0.25, 0.3) is 0 Å². The van der Waals surface area contributed by atoms with Gasteiger partial charge in [0.1, 0.15) is 0 Å². The maximum Gasteiger partial charge on any atom is 0.233 e. The van der Waals surface area contributed by atoms with Crippen LogP contribution in [0.15, 0.2) is 29.2 Å². The van der Waals surface area contributed by atoms with Gasteiger partial charge in [0.2, 0.25) is 5.91 Å². The Kier molecular flexibility index (Phi) is 5.27. The molecule has 1 N–H and O–H groups in total. The fourth-order valence-corrected chi connectivity index (χ4v) is 2.46. The molecule has 2 nitrogen and oxygen atoms in total. The van der Waals surface area contributed by atoms with Crippen molar-refractivity contribution in [1.29, 1.82) is 0 Å². The van der Waals surface area contributed by atoms with Gasteiger partial charge in [0, 0.05) is 10.4 Å². The van der Waals surface area contributed by atoms with Crippen molar-refractivity contribution < 1.29 is 4.79 Å². The maximum atomic E-state index is 12.1. The smallest absolute Gasteiger partial charge is 0.233 e. The molecule has 1 amide bonds. The molecule has 1 unspecified atom stereocenters. The van der Waals surface area contributed by atoms with Crippen LogP contribution in [0.3, 0.4) is 0 Å². The first-order valence-electron chi connectivity index (χ1n) is 6.39. The zero-order valence-electron chi connectivity index (χ0n) is 11.9. The summed E-state index contributed by atoms with van der Waals surface area (Å²) in [6.07, 6.45) is 0.931. The molecule has 0 bridgehead atoms. The van der Waals surface area contributed by atoms with Gasteiger partial charge in [-0.3, -0.25) is 4.79 Å². The number of benzene rings is 1. The highest BCUT2D eigenvalue weighted by Gasteiger charge is 2.22. The van der Waals surface area contributed by atoms with Gasteiger partial charge in [-0.25, -0.2) is 0 Å². The third-order valence-electron chi connectivity index (χ3n) is 3.02. The van der Waals surface area contributed by atoms with E-state index in [0.29, 0.717) is 0 Å². The number of hydrogen-bond donors (Lipinski definition) is 1. The molecule has 0 fully saturated rings. The van der Waals surface area contributed by atoms with E-state index < -0.39 is 0 Å². The molecule has 100 valence electrons. The second-order valence-electron chi connectivity index (χ2n) is 5.30. The van der Waals surface area contributed by atoms with E-state index in [4.69, 9.17) is 0 Å². The van der Waals surface area contributed by atoms with E-state index in [1.54, 1.807) is 11.8 Å². The van der Waals surface area contributed by atoms with Crippen molar-refractivity contribution in [2.45, 2.75) is 56.7 Å². The Hall–Kier alpha value is -0.960. The summed E-state index contributed by atoms with van der Waals surface area (Å²) in [6.45, 7) is 10.2. The van der Waals surface area contributed by atoms with E-state index in [1.165, 1.54) is 5.56 Å². The lowest BCUT2D eigenvalue weighted by atomic mass is 10.0. The average Bonchev–Trinajstić information content (AvgIpc) is 2.28. The molecule has 0 saturated carbocycles. The molecule has 0 aliphatic carbocycles. The van der Waals surface area contributed by atoms with Gasteiger partial charge in [0.15, 0.2) is 0 Å². The van der Waals surface area contributed by atoms with E-state index in [0.717, 1.165) is 11.3 Å². The van der Waals surface area contributed by atoms with E-state index in [9.17, 15) is 4.79 Å². The van der Waals surface area contributed by atoms with Gasteiger partial charge in [0.05, 0.1) is 5.25 Å². The van der Waals surface area contributed by atoms with Crippen molar-refractivity contribution in [3.8, 4) is 0 Å². The standard InChI is InChI=1S/C15H23NOS/c1-6-15(4,5)16-14(17)12(3)18-13-9-7-8-11(2)10-13/h7-10,12H,6H2,1-5H3,(H,16,17). The Bertz CT molecular complexity index is 415. The van der Waals surface area contributed by atoms with Crippen molar-refractivity contribution in [2.24, 2.45) is 0 Å². The summed E-state index contributed by atoms with van der Waals surface area (Å²) in [5.41, 5.74) is 1.10. The number of carbonyl (C=O) groups excluding carboxylic acids is 1. The minimum absolute atomic E-state index is 0.0716. The molecule has 18 heavy (non-hydrogen) atoms. The molecule has 3 heteroatoms. The summed E-state index contributed by atoms with van der Waals surface area (Å²) in [4.78, 5) is 13.2. The largest absolute Gasteiger partial charge is 0.350 e. The van der Waals surface area contributed by atoms with Crippen LogP contribution in [0.1, 0.15) is 39.7 Å². The van der Waals surface area contributed by atoms with Crippen molar-refractivity contribution in [1.82, 2.24) is 5.32 Å². The van der Waals surface area contributed by atoms with Crippen molar-refractivity contribution in [3.05, 3.63) is 29.8 Å². The highest BCUT2D eigenvalue weighted by atomic mass is 32.2. The Morgan fingerprint density at radius 1 is 1.44 bits per heavy atom. The van der Waals surface area contributed by atoms with Crippen LogP contribution in [0.5, 0.6) is 0 Å². The Balaban J connectivity index is 2.60. The van der Waals surface area contributed by atoms with Crippen molar-refractivity contribution in [3.63, 3.8) is 0 Å². The number of hydrogen-bond acceptors (Lipinski definition) is 2. The summed E-state index contributed by atoms with van der Waals surface area (Å²) in [7, 11) is 0. The molecule has 0 radical (unpaired) electrons. The number of carbonyl (C=O) groups is 1. The predicted octanol–water partition coefficient (Wildman–Crippen LogP) is 3.78. The van der Waals surface area contributed by atoms with E-state index in [-0.39, 0.29) is 16.7 Å². The highest BCUT2D eigenvalue weighted by molar-refractivity contribution is 8.00. The minimum atomic E-state index is -0.126. The second-order valence-corrected chi connectivity index (χ2v) is 6.72. The number of amides is 1. The van der Waals surface area contributed by atoms with Gasteiger partial charge in [-0.05, 0) is 46.2 Å². The summed E-state index contributed by atoms with van der Waals surface area (Å²) in [6, 6.07) is 8.25. The van der Waals surface area contributed by atoms with E-state index >= 15 is 0 Å². The summed E-state index contributed by atoms with van der Waals surface area (Å²) in [5, 5.41) is 3.01. The second kappa shape index (κ2) is 6.28. The zero-order chi connectivity index (χ0) is 13.8. The van der Waals surface area contributed by atoms with Crippen LogP contribution in [0.2, 0.25) is 0 Å². The molecule has 1 aromatic rings.